The second-order valence-electron chi connectivity index (χ2n) is 3.89. The maximum Gasteiger partial charge on any atom is 0.224 e. The number of nitrogens with zero attached hydrogens (tertiary/aromatic N) is 1. The molecule has 0 saturated carbocycles. The van der Waals surface area contributed by atoms with Crippen LogP contribution in [0.25, 0.3) is 0 Å². The number of amides is 1. The highest BCUT2D eigenvalue weighted by atomic mass is 35.5. The van der Waals surface area contributed by atoms with Gasteiger partial charge in [-0.2, -0.15) is 0 Å². The summed E-state index contributed by atoms with van der Waals surface area (Å²) in [6.45, 7) is 4.04. The standard InChI is InChI=1S/C13H19ClN2O.ClH/c1-3-16(13(17)7-8-15-2)10-11-5-4-6-12(14)9-11;/h4-6,9,15H,3,7-8,10H2,1-2H3;1H. The summed E-state index contributed by atoms with van der Waals surface area (Å²) in [5.74, 6) is 0.168. The molecule has 1 rings (SSSR count). The van der Waals surface area contributed by atoms with Crippen molar-refractivity contribution in [2.75, 3.05) is 20.1 Å². The number of carbonyl (C=O) groups is 1. The van der Waals surface area contributed by atoms with Crippen LogP contribution >= 0.6 is 24.0 Å². The van der Waals surface area contributed by atoms with Crippen molar-refractivity contribution in [2.24, 2.45) is 0 Å². The number of benzene rings is 1. The van der Waals surface area contributed by atoms with Crippen LogP contribution in [0.1, 0.15) is 18.9 Å². The zero-order valence-corrected chi connectivity index (χ0v) is 12.4. The molecular weight excluding hydrogens is 271 g/mol. The molecule has 1 aromatic carbocycles. The van der Waals surface area contributed by atoms with E-state index in [0.717, 1.165) is 12.1 Å². The van der Waals surface area contributed by atoms with E-state index >= 15 is 0 Å². The molecule has 0 aliphatic heterocycles. The van der Waals surface area contributed by atoms with E-state index < -0.39 is 0 Å². The minimum Gasteiger partial charge on any atom is -0.339 e. The van der Waals surface area contributed by atoms with Crippen molar-refractivity contribution in [3.05, 3.63) is 34.9 Å². The first-order valence-electron chi connectivity index (χ1n) is 5.84. The minimum atomic E-state index is 0. The smallest absolute Gasteiger partial charge is 0.224 e. The molecule has 0 aliphatic rings. The van der Waals surface area contributed by atoms with Gasteiger partial charge in [0.15, 0.2) is 0 Å². The van der Waals surface area contributed by atoms with Crippen LogP contribution in [0.15, 0.2) is 24.3 Å². The minimum absolute atomic E-state index is 0. The van der Waals surface area contributed by atoms with Crippen LogP contribution in [0.3, 0.4) is 0 Å². The molecule has 0 bridgehead atoms. The predicted molar refractivity (Wildman–Crippen MR) is 78.3 cm³/mol. The number of nitrogens with one attached hydrogen (secondary N) is 1. The van der Waals surface area contributed by atoms with Crippen molar-refractivity contribution in [1.29, 1.82) is 0 Å². The van der Waals surface area contributed by atoms with Crippen molar-refractivity contribution in [1.82, 2.24) is 10.2 Å². The van der Waals surface area contributed by atoms with Crippen LogP contribution in [0, 0.1) is 0 Å². The summed E-state index contributed by atoms with van der Waals surface area (Å²) in [7, 11) is 1.85. The lowest BCUT2D eigenvalue weighted by Gasteiger charge is -2.21. The fourth-order valence-corrected chi connectivity index (χ4v) is 1.83. The van der Waals surface area contributed by atoms with Gasteiger partial charge in [-0.1, -0.05) is 23.7 Å². The van der Waals surface area contributed by atoms with E-state index in [0.29, 0.717) is 24.5 Å². The van der Waals surface area contributed by atoms with Crippen molar-refractivity contribution in [3.63, 3.8) is 0 Å². The summed E-state index contributed by atoms with van der Waals surface area (Å²) in [6, 6.07) is 7.63. The second-order valence-corrected chi connectivity index (χ2v) is 4.33. The molecular formula is C13H20Cl2N2O. The zero-order valence-electron chi connectivity index (χ0n) is 10.8. The Morgan fingerprint density at radius 3 is 2.72 bits per heavy atom. The summed E-state index contributed by atoms with van der Waals surface area (Å²) in [6.07, 6.45) is 0.533. The molecule has 3 nitrogen and oxygen atoms in total. The molecule has 0 heterocycles. The Morgan fingerprint density at radius 2 is 2.17 bits per heavy atom. The Balaban J connectivity index is 0.00000289. The fraction of sp³-hybridized carbons (Fsp3) is 0.462. The summed E-state index contributed by atoms with van der Waals surface area (Å²) in [4.78, 5) is 13.7. The Labute approximate surface area is 120 Å². The topological polar surface area (TPSA) is 32.3 Å². The first kappa shape index (κ1) is 17.2. The Kier molecular flexibility index (Phi) is 8.81. The predicted octanol–water partition coefficient (Wildman–Crippen LogP) is 2.72. The molecule has 0 unspecified atom stereocenters. The van der Waals surface area contributed by atoms with E-state index in [4.69, 9.17) is 11.6 Å². The highest BCUT2D eigenvalue weighted by Crippen LogP contribution is 2.13. The molecule has 0 aromatic heterocycles. The number of hydrogen-bond acceptors (Lipinski definition) is 2. The molecule has 0 spiro atoms. The molecule has 5 heteroatoms. The van der Waals surface area contributed by atoms with Gasteiger partial charge in [0.1, 0.15) is 0 Å². The second kappa shape index (κ2) is 9.20. The molecule has 0 aliphatic carbocycles. The van der Waals surface area contributed by atoms with Crippen molar-refractivity contribution >= 4 is 29.9 Å². The summed E-state index contributed by atoms with van der Waals surface area (Å²) in [5, 5.41) is 3.69. The van der Waals surface area contributed by atoms with E-state index in [-0.39, 0.29) is 18.3 Å². The maximum absolute atomic E-state index is 11.9. The first-order valence-corrected chi connectivity index (χ1v) is 6.22. The van der Waals surface area contributed by atoms with Crippen LogP contribution in [-0.4, -0.2) is 30.9 Å². The van der Waals surface area contributed by atoms with Gasteiger partial charge in [0.2, 0.25) is 5.91 Å². The van der Waals surface area contributed by atoms with Gasteiger partial charge in [-0.3, -0.25) is 4.79 Å². The number of hydrogen-bond donors (Lipinski definition) is 1. The highest BCUT2D eigenvalue weighted by Gasteiger charge is 2.11. The highest BCUT2D eigenvalue weighted by molar-refractivity contribution is 6.30. The number of rotatable bonds is 6. The SMILES string of the molecule is CCN(Cc1cccc(Cl)c1)C(=O)CCNC.Cl. The molecule has 0 atom stereocenters. The summed E-state index contributed by atoms with van der Waals surface area (Å²) >= 11 is 5.92. The zero-order chi connectivity index (χ0) is 12.7. The van der Waals surface area contributed by atoms with E-state index in [2.05, 4.69) is 5.32 Å². The Bertz CT molecular complexity index is 372. The van der Waals surface area contributed by atoms with Crippen molar-refractivity contribution < 1.29 is 4.79 Å². The van der Waals surface area contributed by atoms with E-state index in [1.807, 2.05) is 43.1 Å². The van der Waals surface area contributed by atoms with Gasteiger partial charge in [-0.05, 0) is 31.7 Å². The molecule has 0 saturated heterocycles. The Hall–Kier alpha value is -0.770. The van der Waals surface area contributed by atoms with E-state index in [1.165, 1.54) is 0 Å². The van der Waals surface area contributed by atoms with Gasteiger partial charge in [0.25, 0.3) is 0 Å². The number of carbonyl (C=O) groups excluding carboxylic acids is 1. The third-order valence-electron chi connectivity index (χ3n) is 2.59. The largest absolute Gasteiger partial charge is 0.339 e. The molecule has 18 heavy (non-hydrogen) atoms. The lowest BCUT2D eigenvalue weighted by molar-refractivity contribution is -0.131. The normalized spacial score (nSPS) is 9.72. The van der Waals surface area contributed by atoms with Crippen LogP contribution < -0.4 is 5.32 Å². The van der Waals surface area contributed by atoms with Crippen LogP contribution in [0.5, 0.6) is 0 Å². The van der Waals surface area contributed by atoms with Gasteiger partial charge in [0, 0.05) is 31.1 Å². The van der Waals surface area contributed by atoms with Crippen molar-refractivity contribution in [3.8, 4) is 0 Å². The summed E-state index contributed by atoms with van der Waals surface area (Å²) in [5.41, 5.74) is 1.07. The van der Waals surface area contributed by atoms with E-state index in [9.17, 15) is 4.79 Å². The van der Waals surface area contributed by atoms with Gasteiger partial charge in [-0.15, -0.1) is 12.4 Å². The third kappa shape index (κ3) is 5.71. The van der Waals surface area contributed by atoms with Crippen molar-refractivity contribution in [2.45, 2.75) is 19.9 Å². The monoisotopic (exact) mass is 290 g/mol. The van der Waals surface area contributed by atoms with Crippen LogP contribution in [0.4, 0.5) is 0 Å². The molecule has 102 valence electrons. The van der Waals surface area contributed by atoms with E-state index in [1.54, 1.807) is 0 Å². The lowest BCUT2D eigenvalue weighted by Crippen LogP contribution is -2.32. The molecule has 1 amide bonds. The van der Waals surface area contributed by atoms with Crippen LogP contribution in [0.2, 0.25) is 5.02 Å². The third-order valence-corrected chi connectivity index (χ3v) is 2.82. The lowest BCUT2D eigenvalue weighted by atomic mass is 10.2. The van der Waals surface area contributed by atoms with Gasteiger partial charge in [0.05, 0.1) is 0 Å². The first-order chi connectivity index (χ1) is 8.17. The molecule has 0 radical (unpaired) electrons. The molecule has 0 fully saturated rings. The van der Waals surface area contributed by atoms with Gasteiger partial charge in [-0.25, -0.2) is 0 Å². The molecule has 1 aromatic rings. The quantitative estimate of drug-likeness (QED) is 0.874. The summed E-state index contributed by atoms with van der Waals surface area (Å²) < 4.78 is 0. The average Bonchev–Trinajstić information content (AvgIpc) is 2.33. The van der Waals surface area contributed by atoms with Crippen LogP contribution in [-0.2, 0) is 11.3 Å². The maximum atomic E-state index is 11.9. The van der Waals surface area contributed by atoms with Gasteiger partial charge >= 0.3 is 0 Å². The fourth-order valence-electron chi connectivity index (χ4n) is 1.62. The number of halogens is 2. The average molecular weight is 291 g/mol. The Morgan fingerprint density at radius 1 is 1.44 bits per heavy atom. The van der Waals surface area contributed by atoms with Gasteiger partial charge < -0.3 is 10.2 Å². The molecule has 1 N–H and O–H groups in total.